The number of pyridine rings is 1. The summed E-state index contributed by atoms with van der Waals surface area (Å²) in [5, 5.41) is 12.5. The molecule has 0 atom stereocenters. The summed E-state index contributed by atoms with van der Waals surface area (Å²) in [6.07, 6.45) is 1.46. The number of rotatable bonds is 7. The van der Waals surface area contributed by atoms with Crippen molar-refractivity contribution in [3.63, 3.8) is 0 Å². The summed E-state index contributed by atoms with van der Waals surface area (Å²) >= 11 is 1.17. The lowest BCUT2D eigenvalue weighted by Gasteiger charge is -2.09. The van der Waals surface area contributed by atoms with Crippen LogP contribution >= 0.6 is 11.8 Å². The fraction of sp³-hybridized carbons (Fsp3) is 0.190. The van der Waals surface area contributed by atoms with Crippen LogP contribution in [0.2, 0.25) is 0 Å². The van der Waals surface area contributed by atoms with Gasteiger partial charge in [0.1, 0.15) is 11.1 Å². The molecule has 32 heavy (non-hydrogen) atoms. The van der Waals surface area contributed by atoms with E-state index in [0.29, 0.717) is 22.0 Å². The van der Waals surface area contributed by atoms with Crippen LogP contribution in [0.15, 0.2) is 52.5 Å². The van der Waals surface area contributed by atoms with Crippen molar-refractivity contribution in [2.75, 3.05) is 15.8 Å². The molecule has 3 aromatic rings. The Bertz CT molecular complexity index is 1300. The molecule has 9 nitrogen and oxygen atoms in total. The van der Waals surface area contributed by atoms with Crippen LogP contribution in [0.25, 0.3) is 0 Å². The van der Waals surface area contributed by atoms with Crippen LogP contribution in [0, 0.1) is 32.1 Å². The molecule has 1 aromatic carbocycles. The molecule has 0 unspecified atom stereocenters. The SMILES string of the molecule is Cc1ccnc(NS(=O)(=O)c2ccc(NC(=O)CSc3nc(C)cc(C)c3C#N)cc2)n1. The number of nitrogens with zero attached hydrogens (tertiary/aromatic N) is 4. The maximum atomic E-state index is 12.5. The number of carbonyl (C=O) groups excluding carboxylic acids is 1. The minimum atomic E-state index is -3.87. The Balaban J connectivity index is 1.63. The van der Waals surface area contributed by atoms with Gasteiger partial charge < -0.3 is 5.32 Å². The molecule has 0 spiro atoms. The van der Waals surface area contributed by atoms with E-state index < -0.39 is 10.0 Å². The first kappa shape index (κ1) is 23.2. The molecule has 2 heterocycles. The molecule has 1 amide bonds. The molecule has 0 saturated carbocycles. The third kappa shape index (κ3) is 5.81. The van der Waals surface area contributed by atoms with Gasteiger partial charge in [0.05, 0.1) is 16.2 Å². The number of hydrogen-bond donors (Lipinski definition) is 2. The molecule has 0 fully saturated rings. The van der Waals surface area contributed by atoms with E-state index in [-0.39, 0.29) is 22.5 Å². The van der Waals surface area contributed by atoms with Crippen molar-refractivity contribution < 1.29 is 13.2 Å². The molecule has 0 radical (unpaired) electrons. The molecule has 0 saturated heterocycles. The van der Waals surface area contributed by atoms with Gasteiger partial charge in [-0.1, -0.05) is 11.8 Å². The van der Waals surface area contributed by atoms with Crippen molar-refractivity contribution in [1.82, 2.24) is 15.0 Å². The molecular formula is C21H20N6O3S2. The highest BCUT2D eigenvalue weighted by Crippen LogP contribution is 2.24. The van der Waals surface area contributed by atoms with Crippen LogP contribution < -0.4 is 10.0 Å². The zero-order valence-corrected chi connectivity index (χ0v) is 19.2. The van der Waals surface area contributed by atoms with Gasteiger partial charge in [0.25, 0.3) is 10.0 Å². The topological polar surface area (TPSA) is 138 Å². The Labute approximate surface area is 190 Å². The first-order valence-electron chi connectivity index (χ1n) is 9.41. The Morgan fingerprint density at radius 1 is 1.09 bits per heavy atom. The van der Waals surface area contributed by atoms with Crippen molar-refractivity contribution in [2.45, 2.75) is 30.7 Å². The maximum Gasteiger partial charge on any atom is 0.264 e. The molecule has 164 valence electrons. The number of amides is 1. The largest absolute Gasteiger partial charge is 0.325 e. The summed E-state index contributed by atoms with van der Waals surface area (Å²) in [5.41, 5.74) is 3.10. The standard InChI is InChI=1S/C21H20N6O3S2/c1-13-10-15(3)24-20(18(13)11-22)31-12-19(28)26-16-4-6-17(7-5-16)32(29,30)27-21-23-9-8-14(2)25-21/h4-10H,12H2,1-3H3,(H,26,28)(H,23,25,27). The summed E-state index contributed by atoms with van der Waals surface area (Å²) in [4.78, 5) is 24.6. The van der Waals surface area contributed by atoms with Gasteiger partial charge in [-0.2, -0.15) is 5.26 Å². The van der Waals surface area contributed by atoms with E-state index in [1.165, 1.54) is 42.2 Å². The molecule has 2 N–H and O–H groups in total. The van der Waals surface area contributed by atoms with E-state index in [1.807, 2.05) is 19.9 Å². The quantitative estimate of drug-likeness (QED) is 0.504. The first-order chi connectivity index (χ1) is 15.2. The monoisotopic (exact) mass is 468 g/mol. The van der Waals surface area contributed by atoms with Crippen LogP contribution in [0.4, 0.5) is 11.6 Å². The van der Waals surface area contributed by atoms with Gasteiger partial charge >= 0.3 is 0 Å². The summed E-state index contributed by atoms with van der Waals surface area (Å²) < 4.78 is 27.3. The predicted octanol–water partition coefficient (Wildman–Crippen LogP) is 3.20. The molecule has 0 bridgehead atoms. The Hall–Kier alpha value is -3.49. The van der Waals surface area contributed by atoms with E-state index in [1.54, 1.807) is 13.0 Å². The number of nitrogens with one attached hydrogen (secondary N) is 2. The number of anilines is 2. The minimum Gasteiger partial charge on any atom is -0.325 e. The minimum absolute atomic E-state index is 0.00748. The second-order valence-corrected chi connectivity index (χ2v) is 9.51. The van der Waals surface area contributed by atoms with Crippen LogP contribution in [0.3, 0.4) is 0 Å². The molecule has 0 aliphatic heterocycles. The number of benzene rings is 1. The molecular weight excluding hydrogens is 448 g/mol. The summed E-state index contributed by atoms with van der Waals surface area (Å²) in [7, 11) is -3.87. The molecule has 2 aromatic heterocycles. The number of sulfonamides is 1. The second-order valence-electron chi connectivity index (χ2n) is 6.86. The smallest absolute Gasteiger partial charge is 0.264 e. The number of thioether (sulfide) groups is 1. The third-order valence-corrected chi connectivity index (χ3v) is 6.55. The Morgan fingerprint density at radius 3 is 2.47 bits per heavy atom. The highest BCUT2D eigenvalue weighted by Gasteiger charge is 2.16. The number of carbonyl (C=O) groups is 1. The molecule has 11 heteroatoms. The number of hydrogen-bond acceptors (Lipinski definition) is 8. The number of aryl methyl sites for hydroxylation is 3. The Morgan fingerprint density at radius 2 is 1.81 bits per heavy atom. The van der Waals surface area contributed by atoms with Crippen molar-refractivity contribution >= 4 is 39.3 Å². The van der Waals surface area contributed by atoms with Crippen molar-refractivity contribution in [3.8, 4) is 6.07 Å². The second kappa shape index (κ2) is 9.76. The number of nitriles is 1. The highest BCUT2D eigenvalue weighted by atomic mass is 32.2. The summed E-state index contributed by atoms with van der Waals surface area (Å²) in [5.74, 6) is -0.269. The van der Waals surface area contributed by atoms with E-state index in [9.17, 15) is 18.5 Å². The van der Waals surface area contributed by atoms with Gasteiger partial charge in [0, 0.05) is 23.3 Å². The third-order valence-electron chi connectivity index (χ3n) is 4.23. The molecule has 0 aliphatic rings. The van der Waals surface area contributed by atoms with Crippen LogP contribution in [-0.4, -0.2) is 35.0 Å². The van der Waals surface area contributed by atoms with Gasteiger partial charge in [-0.3, -0.25) is 4.79 Å². The molecule has 3 rings (SSSR count). The Kier molecular flexibility index (Phi) is 7.07. The van der Waals surface area contributed by atoms with Gasteiger partial charge in [0.2, 0.25) is 11.9 Å². The lowest BCUT2D eigenvalue weighted by atomic mass is 10.1. The maximum absolute atomic E-state index is 12.5. The van der Waals surface area contributed by atoms with Crippen LogP contribution in [-0.2, 0) is 14.8 Å². The highest BCUT2D eigenvalue weighted by molar-refractivity contribution is 8.00. The van der Waals surface area contributed by atoms with E-state index in [4.69, 9.17) is 0 Å². The van der Waals surface area contributed by atoms with Crippen molar-refractivity contribution in [1.29, 1.82) is 5.26 Å². The zero-order valence-electron chi connectivity index (χ0n) is 17.6. The van der Waals surface area contributed by atoms with Gasteiger partial charge in [-0.05, 0) is 62.7 Å². The van der Waals surface area contributed by atoms with Gasteiger partial charge in [0.15, 0.2) is 0 Å². The van der Waals surface area contributed by atoms with Gasteiger partial charge in [-0.15, -0.1) is 0 Å². The molecule has 0 aliphatic carbocycles. The zero-order chi connectivity index (χ0) is 23.3. The fourth-order valence-electron chi connectivity index (χ4n) is 2.77. The average molecular weight is 469 g/mol. The van der Waals surface area contributed by atoms with E-state index in [0.717, 1.165) is 11.3 Å². The van der Waals surface area contributed by atoms with Gasteiger partial charge in [-0.25, -0.2) is 28.1 Å². The van der Waals surface area contributed by atoms with Crippen molar-refractivity contribution in [2.24, 2.45) is 0 Å². The van der Waals surface area contributed by atoms with Crippen LogP contribution in [0.1, 0.15) is 22.5 Å². The predicted molar refractivity (Wildman–Crippen MR) is 122 cm³/mol. The summed E-state index contributed by atoms with van der Waals surface area (Å²) in [6, 6.07) is 11.3. The van der Waals surface area contributed by atoms with Crippen molar-refractivity contribution in [3.05, 3.63) is 65.1 Å². The normalized spacial score (nSPS) is 10.9. The lowest BCUT2D eigenvalue weighted by Crippen LogP contribution is -2.16. The first-order valence-corrected chi connectivity index (χ1v) is 11.9. The fourth-order valence-corrected chi connectivity index (χ4v) is 4.62. The summed E-state index contributed by atoms with van der Waals surface area (Å²) in [6.45, 7) is 5.38. The number of aromatic nitrogens is 3. The van der Waals surface area contributed by atoms with E-state index in [2.05, 4.69) is 31.1 Å². The van der Waals surface area contributed by atoms with E-state index >= 15 is 0 Å². The average Bonchev–Trinajstić information content (AvgIpc) is 2.72. The lowest BCUT2D eigenvalue weighted by molar-refractivity contribution is -0.113. The van der Waals surface area contributed by atoms with Crippen LogP contribution in [0.5, 0.6) is 0 Å².